The van der Waals surface area contributed by atoms with Gasteiger partial charge in [0.25, 0.3) is 5.91 Å². The number of nitrogens with zero attached hydrogens (tertiary/aromatic N) is 4. The highest BCUT2D eigenvalue weighted by molar-refractivity contribution is 7.99. The number of hydrogen-bond acceptors (Lipinski definition) is 6. The first-order chi connectivity index (χ1) is 14.5. The van der Waals surface area contributed by atoms with Gasteiger partial charge in [-0.15, -0.1) is 0 Å². The quantitative estimate of drug-likeness (QED) is 0.295. The predicted molar refractivity (Wildman–Crippen MR) is 121 cm³/mol. The molecule has 0 unspecified atom stereocenters. The topological polar surface area (TPSA) is 101 Å². The lowest BCUT2D eigenvalue weighted by atomic mass is 10.2. The molecule has 1 aromatic carbocycles. The summed E-state index contributed by atoms with van der Waals surface area (Å²) in [6.07, 6.45) is 1.78. The summed E-state index contributed by atoms with van der Waals surface area (Å²) in [7, 11) is 0. The van der Waals surface area contributed by atoms with Crippen LogP contribution in [-0.4, -0.2) is 49.0 Å². The van der Waals surface area contributed by atoms with Crippen LogP contribution in [0.2, 0.25) is 0 Å². The second-order valence-corrected chi connectivity index (χ2v) is 8.45. The van der Waals surface area contributed by atoms with Crippen molar-refractivity contribution in [2.75, 3.05) is 17.6 Å². The van der Waals surface area contributed by atoms with Crippen LogP contribution in [0.15, 0.2) is 41.7 Å². The monoisotopic (exact) mass is 423 g/mol. The minimum absolute atomic E-state index is 0.137. The lowest BCUT2D eigenvalue weighted by Crippen LogP contribution is -2.27. The van der Waals surface area contributed by atoms with Crippen molar-refractivity contribution in [1.29, 1.82) is 0 Å². The molecule has 30 heavy (non-hydrogen) atoms. The molecular weight excluding hydrogens is 398 g/mol. The van der Waals surface area contributed by atoms with E-state index in [0.717, 1.165) is 38.7 Å². The third-order valence-electron chi connectivity index (χ3n) is 4.56. The Morgan fingerprint density at radius 1 is 1.27 bits per heavy atom. The van der Waals surface area contributed by atoms with E-state index in [2.05, 4.69) is 51.5 Å². The molecule has 0 bridgehead atoms. The van der Waals surface area contributed by atoms with Gasteiger partial charge < -0.3 is 15.6 Å². The van der Waals surface area contributed by atoms with E-state index in [1.54, 1.807) is 18.0 Å². The van der Waals surface area contributed by atoms with Crippen LogP contribution < -0.4 is 10.6 Å². The molecule has 0 aliphatic heterocycles. The summed E-state index contributed by atoms with van der Waals surface area (Å²) in [5.41, 5.74) is 2.27. The number of benzene rings is 1. The molecule has 3 heterocycles. The molecule has 4 aromatic rings. The lowest BCUT2D eigenvalue weighted by molar-refractivity contribution is 0.0948. The van der Waals surface area contributed by atoms with Crippen molar-refractivity contribution in [2.45, 2.75) is 38.5 Å². The minimum Gasteiger partial charge on any atom is -0.367 e. The molecule has 0 fully saturated rings. The van der Waals surface area contributed by atoms with Crippen LogP contribution in [0.3, 0.4) is 0 Å². The van der Waals surface area contributed by atoms with E-state index in [-0.39, 0.29) is 11.9 Å². The number of carbonyl (C=O) groups excluding carboxylic acids is 1. The molecule has 9 heteroatoms. The van der Waals surface area contributed by atoms with Gasteiger partial charge in [-0.3, -0.25) is 4.79 Å². The van der Waals surface area contributed by atoms with E-state index in [1.165, 1.54) is 0 Å². The Morgan fingerprint density at radius 3 is 2.87 bits per heavy atom. The molecule has 0 spiro atoms. The number of aromatic nitrogens is 5. The van der Waals surface area contributed by atoms with Crippen molar-refractivity contribution in [3.63, 3.8) is 0 Å². The zero-order chi connectivity index (χ0) is 21.1. The third kappa shape index (κ3) is 4.25. The van der Waals surface area contributed by atoms with Gasteiger partial charge in [-0.2, -0.15) is 5.10 Å². The van der Waals surface area contributed by atoms with E-state index in [0.29, 0.717) is 18.8 Å². The number of carbonyl (C=O) groups is 1. The number of rotatable bonds is 8. The Balaban J connectivity index is 1.49. The van der Waals surface area contributed by atoms with Crippen LogP contribution in [0.4, 0.5) is 5.82 Å². The summed E-state index contributed by atoms with van der Waals surface area (Å²) < 4.78 is 1.81. The molecule has 0 radical (unpaired) electrons. The number of aromatic amines is 1. The summed E-state index contributed by atoms with van der Waals surface area (Å²) in [6.45, 7) is 7.18. The summed E-state index contributed by atoms with van der Waals surface area (Å²) in [5, 5.41) is 13.4. The first kappa shape index (κ1) is 20.2. The number of fused-ring (bicyclic) bond motifs is 2. The number of amides is 1. The molecule has 0 aliphatic carbocycles. The van der Waals surface area contributed by atoms with Gasteiger partial charge >= 0.3 is 0 Å². The molecular formula is C21H25N7OS. The SMILES string of the molecule is CCSc1nc(NC(C)C)c2cnn(CCNC(=O)c3cc4ccccc4[nH]3)c2n1. The van der Waals surface area contributed by atoms with Gasteiger partial charge in [0.2, 0.25) is 0 Å². The van der Waals surface area contributed by atoms with Crippen molar-refractivity contribution in [1.82, 2.24) is 30.0 Å². The van der Waals surface area contributed by atoms with Crippen LogP contribution in [0.25, 0.3) is 21.9 Å². The lowest BCUT2D eigenvalue weighted by Gasteiger charge is -2.11. The molecule has 0 aliphatic rings. The van der Waals surface area contributed by atoms with Crippen LogP contribution in [0.1, 0.15) is 31.3 Å². The second-order valence-electron chi connectivity index (χ2n) is 7.22. The molecule has 0 atom stereocenters. The van der Waals surface area contributed by atoms with Crippen LogP contribution in [0, 0.1) is 0 Å². The van der Waals surface area contributed by atoms with Crippen LogP contribution in [-0.2, 0) is 6.54 Å². The van der Waals surface area contributed by atoms with E-state index >= 15 is 0 Å². The Hall–Kier alpha value is -3.07. The van der Waals surface area contributed by atoms with Gasteiger partial charge in [0.05, 0.1) is 18.1 Å². The standard InChI is InChI=1S/C21H25N7OS/c1-4-30-21-26-18(24-13(2)3)15-12-23-28(19(15)27-21)10-9-22-20(29)17-11-14-7-5-6-8-16(14)25-17/h5-8,11-13,25H,4,9-10H2,1-3H3,(H,22,29)(H,24,26,27). The number of thioether (sulfide) groups is 1. The smallest absolute Gasteiger partial charge is 0.267 e. The number of hydrogen-bond donors (Lipinski definition) is 3. The highest BCUT2D eigenvalue weighted by atomic mass is 32.2. The van der Waals surface area contributed by atoms with Gasteiger partial charge in [-0.05, 0) is 31.7 Å². The number of para-hydroxylation sites is 1. The maximum absolute atomic E-state index is 12.5. The molecule has 8 nitrogen and oxygen atoms in total. The normalized spacial score (nSPS) is 11.5. The van der Waals surface area contributed by atoms with E-state index in [9.17, 15) is 4.79 Å². The molecule has 1 amide bonds. The average Bonchev–Trinajstić information content (AvgIpc) is 3.32. The minimum atomic E-state index is -0.137. The summed E-state index contributed by atoms with van der Waals surface area (Å²) in [5.74, 6) is 1.54. The largest absolute Gasteiger partial charge is 0.367 e. The molecule has 3 N–H and O–H groups in total. The van der Waals surface area contributed by atoms with Gasteiger partial charge in [-0.25, -0.2) is 14.6 Å². The van der Waals surface area contributed by atoms with Crippen molar-refractivity contribution in [3.8, 4) is 0 Å². The van der Waals surface area contributed by atoms with Crippen molar-refractivity contribution in [3.05, 3.63) is 42.2 Å². The average molecular weight is 424 g/mol. The van der Waals surface area contributed by atoms with Crippen LogP contribution in [0.5, 0.6) is 0 Å². The Kier molecular flexibility index (Phi) is 5.89. The molecule has 4 rings (SSSR count). The van der Waals surface area contributed by atoms with Gasteiger partial charge in [-0.1, -0.05) is 36.9 Å². The number of anilines is 1. The Labute approximate surface area is 178 Å². The fraction of sp³-hybridized carbons (Fsp3) is 0.333. The predicted octanol–water partition coefficient (Wildman–Crippen LogP) is 3.67. The van der Waals surface area contributed by atoms with Crippen molar-refractivity contribution in [2.24, 2.45) is 0 Å². The fourth-order valence-electron chi connectivity index (χ4n) is 3.24. The van der Waals surface area contributed by atoms with E-state index in [4.69, 9.17) is 0 Å². The zero-order valence-corrected chi connectivity index (χ0v) is 18.1. The molecule has 0 saturated heterocycles. The van der Waals surface area contributed by atoms with Gasteiger partial charge in [0.15, 0.2) is 10.8 Å². The Morgan fingerprint density at radius 2 is 2.10 bits per heavy atom. The maximum atomic E-state index is 12.5. The van der Waals surface area contributed by atoms with Gasteiger partial charge in [0.1, 0.15) is 11.5 Å². The van der Waals surface area contributed by atoms with E-state index < -0.39 is 0 Å². The highest BCUT2D eigenvalue weighted by Crippen LogP contribution is 2.24. The van der Waals surface area contributed by atoms with Crippen LogP contribution >= 0.6 is 11.8 Å². The molecule has 156 valence electrons. The molecule has 0 saturated carbocycles. The fourth-order valence-corrected chi connectivity index (χ4v) is 3.81. The second kappa shape index (κ2) is 8.74. The maximum Gasteiger partial charge on any atom is 0.267 e. The summed E-state index contributed by atoms with van der Waals surface area (Å²) >= 11 is 1.59. The van der Waals surface area contributed by atoms with Crippen molar-refractivity contribution >= 4 is 45.4 Å². The van der Waals surface area contributed by atoms with Gasteiger partial charge in [0, 0.05) is 23.5 Å². The number of H-pyrrole nitrogens is 1. The zero-order valence-electron chi connectivity index (χ0n) is 17.3. The highest BCUT2D eigenvalue weighted by Gasteiger charge is 2.14. The Bertz CT molecular complexity index is 1150. The summed E-state index contributed by atoms with van der Waals surface area (Å²) in [6, 6.07) is 9.94. The summed E-state index contributed by atoms with van der Waals surface area (Å²) in [4.78, 5) is 25.0. The van der Waals surface area contributed by atoms with Crippen molar-refractivity contribution < 1.29 is 4.79 Å². The number of nitrogens with one attached hydrogen (secondary N) is 3. The van der Waals surface area contributed by atoms with E-state index in [1.807, 2.05) is 35.0 Å². The first-order valence-corrected chi connectivity index (χ1v) is 11.0. The first-order valence-electron chi connectivity index (χ1n) is 10.0. The molecule has 3 aromatic heterocycles. The third-order valence-corrected chi connectivity index (χ3v) is 5.29.